The third-order valence-electron chi connectivity index (χ3n) is 3.51. The van der Waals surface area contributed by atoms with Crippen molar-refractivity contribution in [2.45, 2.75) is 19.4 Å². The first kappa shape index (κ1) is 15.1. The molecule has 0 aromatic heterocycles. The molecule has 0 aliphatic carbocycles. The van der Waals surface area contributed by atoms with E-state index >= 15 is 0 Å². The highest BCUT2D eigenvalue weighted by atomic mass is 16.5. The number of hydrogen-bond acceptors (Lipinski definition) is 4. The van der Waals surface area contributed by atoms with Crippen molar-refractivity contribution in [3.05, 3.63) is 23.8 Å². The summed E-state index contributed by atoms with van der Waals surface area (Å²) < 4.78 is 5.26. The number of hydrogen-bond donors (Lipinski definition) is 4. The fourth-order valence-corrected chi connectivity index (χ4v) is 2.25. The van der Waals surface area contributed by atoms with Gasteiger partial charge in [0.05, 0.1) is 17.9 Å². The number of urea groups is 1. The van der Waals surface area contributed by atoms with Gasteiger partial charge in [-0.25, -0.2) is 9.59 Å². The predicted molar refractivity (Wildman–Crippen MR) is 75.6 cm³/mol. The summed E-state index contributed by atoms with van der Waals surface area (Å²) in [6, 6.07) is 3.20. The maximum absolute atomic E-state index is 11.9. The van der Waals surface area contributed by atoms with E-state index in [1.165, 1.54) is 12.1 Å². The van der Waals surface area contributed by atoms with Gasteiger partial charge in [0.25, 0.3) is 0 Å². The molecular formula is C14H18N2O5. The number of phenols is 1. The Morgan fingerprint density at radius 2 is 2.19 bits per heavy atom. The first-order valence-corrected chi connectivity index (χ1v) is 6.69. The average molecular weight is 294 g/mol. The lowest BCUT2D eigenvalue weighted by atomic mass is 10.0. The summed E-state index contributed by atoms with van der Waals surface area (Å²) in [5.41, 5.74) is -0.0327. The first-order valence-electron chi connectivity index (χ1n) is 6.69. The van der Waals surface area contributed by atoms with E-state index in [1.807, 2.05) is 6.92 Å². The highest BCUT2D eigenvalue weighted by molar-refractivity contribution is 6.00. The number of aromatic carboxylic acids is 1. The molecule has 1 aliphatic heterocycles. The standard InChI is InChI=1S/C14H18N2O5/c1-8(9-4-5-21-7-9)15-14(20)16-12-3-2-10(17)6-11(12)13(18)19/h2-3,6,8-9,17H,4-5,7H2,1H3,(H,18,19)(H2,15,16,20). The molecule has 1 aliphatic rings. The summed E-state index contributed by atoms with van der Waals surface area (Å²) in [6.07, 6.45) is 0.890. The minimum Gasteiger partial charge on any atom is -0.508 e. The van der Waals surface area contributed by atoms with E-state index in [9.17, 15) is 14.7 Å². The number of rotatable bonds is 4. The Labute approximate surface area is 121 Å². The lowest BCUT2D eigenvalue weighted by Crippen LogP contribution is -2.41. The Morgan fingerprint density at radius 3 is 2.81 bits per heavy atom. The SMILES string of the molecule is CC(NC(=O)Nc1ccc(O)cc1C(=O)O)C1CCOC1. The molecule has 4 N–H and O–H groups in total. The summed E-state index contributed by atoms with van der Waals surface area (Å²) in [5, 5.41) is 23.6. The predicted octanol–water partition coefficient (Wildman–Crippen LogP) is 1.64. The number of nitrogens with one attached hydrogen (secondary N) is 2. The van der Waals surface area contributed by atoms with Crippen molar-refractivity contribution in [3.8, 4) is 5.75 Å². The van der Waals surface area contributed by atoms with E-state index in [-0.39, 0.29) is 29.0 Å². The van der Waals surface area contributed by atoms with E-state index in [1.54, 1.807) is 0 Å². The lowest BCUT2D eigenvalue weighted by molar-refractivity contribution is 0.0697. The van der Waals surface area contributed by atoms with Crippen molar-refractivity contribution in [1.29, 1.82) is 0 Å². The van der Waals surface area contributed by atoms with Gasteiger partial charge >= 0.3 is 12.0 Å². The summed E-state index contributed by atoms with van der Waals surface area (Å²) in [7, 11) is 0. The highest BCUT2D eigenvalue weighted by Gasteiger charge is 2.24. The number of phenolic OH excluding ortho intramolecular Hbond substituents is 1. The van der Waals surface area contributed by atoms with E-state index < -0.39 is 12.0 Å². The van der Waals surface area contributed by atoms with Gasteiger partial charge in [0.2, 0.25) is 0 Å². The van der Waals surface area contributed by atoms with Crippen LogP contribution in [0.4, 0.5) is 10.5 Å². The molecule has 2 unspecified atom stereocenters. The first-order chi connectivity index (χ1) is 9.97. The molecule has 2 rings (SSSR count). The van der Waals surface area contributed by atoms with Crippen molar-refractivity contribution in [2.75, 3.05) is 18.5 Å². The molecule has 0 spiro atoms. The number of benzene rings is 1. The molecule has 1 heterocycles. The Balaban J connectivity index is 2.00. The third-order valence-corrected chi connectivity index (χ3v) is 3.51. The summed E-state index contributed by atoms with van der Waals surface area (Å²) >= 11 is 0. The van der Waals surface area contributed by atoms with Gasteiger partial charge in [-0.2, -0.15) is 0 Å². The van der Waals surface area contributed by atoms with E-state index in [2.05, 4.69) is 10.6 Å². The van der Waals surface area contributed by atoms with Gasteiger partial charge in [-0.15, -0.1) is 0 Å². The largest absolute Gasteiger partial charge is 0.508 e. The van der Waals surface area contributed by atoms with Crippen molar-refractivity contribution < 1.29 is 24.5 Å². The summed E-state index contributed by atoms with van der Waals surface area (Å²) in [5.74, 6) is -1.14. The minimum absolute atomic E-state index is 0.0714. The van der Waals surface area contributed by atoms with Crippen LogP contribution in [0.1, 0.15) is 23.7 Å². The molecule has 2 amide bonds. The van der Waals surface area contributed by atoms with E-state index in [0.29, 0.717) is 13.2 Å². The topological polar surface area (TPSA) is 108 Å². The third kappa shape index (κ3) is 3.85. The number of aromatic hydroxyl groups is 1. The number of carboxylic acid groups (broad SMARTS) is 1. The van der Waals surface area contributed by atoms with E-state index in [0.717, 1.165) is 12.5 Å². The second-order valence-electron chi connectivity index (χ2n) is 5.05. The number of carbonyl (C=O) groups is 2. The molecule has 1 saturated heterocycles. The Kier molecular flexibility index (Phi) is 4.64. The number of ether oxygens (including phenoxy) is 1. The summed E-state index contributed by atoms with van der Waals surface area (Å²) in [4.78, 5) is 23.0. The van der Waals surface area contributed by atoms with Crippen LogP contribution in [0.15, 0.2) is 18.2 Å². The van der Waals surface area contributed by atoms with Gasteiger partial charge in [-0.1, -0.05) is 0 Å². The lowest BCUT2D eigenvalue weighted by Gasteiger charge is -2.20. The Morgan fingerprint density at radius 1 is 1.43 bits per heavy atom. The maximum Gasteiger partial charge on any atom is 0.337 e. The van der Waals surface area contributed by atoms with Crippen LogP contribution in [-0.4, -0.2) is 41.5 Å². The zero-order chi connectivity index (χ0) is 15.4. The average Bonchev–Trinajstić information content (AvgIpc) is 2.94. The van der Waals surface area contributed by atoms with Crippen molar-refractivity contribution in [3.63, 3.8) is 0 Å². The van der Waals surface area contributed by atoms with Gasteiger partial charge in [-0.05, 0) is 31.5 Å². The smallest absolute Gasteiger partial charge is 0.337 e. The Hall–Kier alpha value is -2.28. The molecule has 21 heavy (non-hydrogen) atoms. The molecule has 0 bridgehead atoms. The van der Waals surface area contributed by atoms with Gasteiger partial charge < -0.3 is 25.6 Å². The van der Waals surface area contributed by atoms with Crippen LogP contribution < -0.4 is 10.6 Å². The van der Waals surface area contributed by atoms with E-state index in [4.69, 9.17) is 9.84 Å². The van der Waals surface area contributed by atoms with Crippen LogP contribution in [0.3, 0.4) is 0 Å². The fourth-order valence-electron chi connectivity index (χ4n) is 2.25. The molecule has 0 radical (unpaired) electrons. The monoisotopic (exact) mass is 294 g/mol. The van der Waals surface area contributed by atoms with Crippen LogP contribution >= 0.6 is 0 Å². The number of carbonyl (C=O) groups excluding carboxylic acids is 1. The van der Waals surface area contributed by atoms with Crippen LogP contribution in [-0.2, 0) is 4.74 Å². The zero-order valence-electron chi connectivity index (χ0n) is 11.6. The number of amides is 2. The van der Waals surface area contributed by atoms with Crippen molar-refractivity contribution in [2.24, 2.45) is 5.92 Å². The van der Waals surface area contributed by atoms with Crippen LogP contribution in [0.5, 0.6) is 5.75 Å². The Bertz CT molecular complexity index is 540. The molecular weight excluding hydrogens is 276 g/mol. The molecule has 0 saturated carbocycles. The van der Waals surface area contributed by atoms with Crippen LogP contribution in [0.2, 0.25) is 0 Å². The molecule has 1 fully saturated rings. The fraction of sp³-hybridized carbons (Fsp3) is 0.429. The maximum atomic E-state index is 11.9. The zero-order valence-corrected chi connectivity index (χ0v) is 11.6. The molecule has 2 atom stereocenters. The second-order valence-corrected chi connectivity index (χ2v) is 5.05. The van der Waals surface area contributed by atoms with Crippen molar-refractivity contribution >= 4 is 17.7 Å². The molecule has 7 nitrogen and oxygen atoms in total. The van der Waals surface area contributed by atoms with Gasteiger partial charge in [0.15, 0.2) is 0 Å². The minimum atomic E-state index is -1.22. The quantitative estimate of drug-likeness (QED) is 0.631. The second kappa shape index (κ2) is 6.45. The normalized spacial score (nSPS) is 19.0. The summed E-state index contributed by atoms with van der Waals surface area (Å²) in [6.45, 7) is 3.19. The molecule has 7 heteroatoms. The molecule has 114 valence electrons. The molecule has 1 aromatic carbocycles. The van der Waals surface area contributed by atoms with Gasteiger partial charge in [0, 0.05) is 18.6 Å². The number of carboxylic acids is 1. The van der Waals surface area contributed by atoms with Crippen LogP contribution in [0, 0.1) is 5.92 Å². The van der Waals surface area contributed by atoms with Gasteiger partial charge in [0.1, 0.15) is 5.75 Å². The van der Waals surface area contributed by atoms with Crippen molar-refractivity contribution in [1.82, 2.24) is 5.32 Å². The van der Waals surface area contributed by atoms with Gasteiger partial charge in [-0.3, -0.25) is 0 Å². The van der Waals surface area contributed by atoms with Crippen LogP contribution in [0.25, 0.3) is 0 Å². The number of anilines is 1. The highest BCUT2D eigenvalue weighted by Crippen LogP contribution is 2.21. The molecule has 1 aromatic rings.